The average molecular weight is 152 g/mol. The number of H-pyrrole nitrogens is 1. The summed E-state index contributed by atoms with van der Waals surface area (Å²) in [6.45, 7) is 0. The van der Waals surface area contributed by atoms with E-state index in [4.69, 9.17) is 4.74 Å². The topological polar surface area (TPSA) is 55.0 Å². The van der Waals surface area contributed by atoms with E-state index in [1.807, 2.05) is 0 Å². The fourth-order valence-electron chi connectivity index (χ4n) is 0.772. The van der Waals surface area contributed by atoms with E-state index >= 15 is 0 Å². The molecule has 0 unspecified atom stereocenters. The largest absolute Gasteiger partial charge is 0.458 e. The number of ether oxygens (including phenoxy) is 1. The molecule has 1 aliphatic carbocycles. The number of nitrogens with one attached hydrogen (secondary N) is 1. The summed E-state index contributed by atoms with van der Waals surface area (Å²) in [5.41, 5.74) is 0.358. The van der Waals surface area contributed by atoms with Crippen molar-refractivity contribution in [2.24, 2.45) is 0 Å². The van der Waals surface area contributed by atoms with E-state index in [-0.39, 0.29) is 12.1 Å². The maximum atomic E-state index is 11.1. The fraction of sp³-hybridized carbons (Fsp3) is 0.429. The van der Waals surface area contributed by atoms with Gasteiger partial charge >= 0.3 is 5.97 Å². The highest BCUT2D eigenvalue weighted by atomic mass is 16.5. The van der Waals surface area contributed by atoms with Gasteiger partial charge in [-0.25, -0.2) is 4.79 Å². The van der Waals surface area contributed by atoms with Gasteiger partial charge in [0.2, 0.25) is 0 Å². The minimum Gasteiger partial charge on any atom is -0.458 e. The lowest BCUT2D eigenvalue weighted by atomic mass is 10.4. The van der Waals surface area contributed by atoms with Crippen LogP contribution in [0, 0.1) is 0 Å². The summed E-state index contributed by atoms with van der Waals surface area (Å²) >= 11 is 0. The van der Waals surface area contributed by atoms with E-state index in [1.165, 1.54) is 0 Å². The van der Waals surface area contributed by atoms with Crippen molar-refractivity contribution in [2.75, 3.05) is 0 Å². The standard InChI is InChI=1S/C7H8N2O2/c10-7(11-5-1-2-5)6-3-4-8-9-6/h3-5H,1-2H2,(H,8,9). The van der Waals surface area contributed by atoms with Gasteiger partial charge in [0, 0.05) is 6.20 Å². The van der Waals surface area contributed by atoms with Gasteiger partial charge in [0.15, 0.2) is 5.69 Å². The first-order chi connectivity index (χ1) is 5.36. The number of aromatic nitrogens is 2. The van der Waals surface area contributed by atoms with Gasteiger partial charge in [-0.2, -0.15) is 5.10 Å². The Bertz CT molecular complexity index is 251. The third kappa shape index (κ3) is 1.39. The van der Waals surface area contributed by atoms with Crippen LogP contribution in [0.15, 0.2) is 12.3 Å². The predicted octanol–water partition coefficient (Wildman–Crippen LogP) is 0.729. The Kier molecular flexibility index (Phi) is 1.38. The summed E-state index contributed by atoms with van der Waals surface area (Å²) in [4.78, 5) is 11.1. The number of carbonyl (C=O) groups excluding carboxylic acids is 1. The van der Waals surface area contributed by atoms with Gasteiger partial charge in [0.05, 0.1) is 0 Å². The number of rotatable bonds is 2. The van der Waals surface area contributed by atoms with Gasteiger partial charge in [0.1, 0.15) is 6.10 Å². The van der Waals surface area contributed by atoms with Crippen molar-refractivity contribution < 1.29 is 9.53 Å². The molecule has 1 fully saturated rings. The summed E-state index contributed by atoms with van der Waals surface area (Å²) in [6.07, 6.45) is 3.75. The molecule has 0 aliphatic heterocycles. The van der Waals surface area contributed by atoms with Gasteiger partial charge < -0.3 is 4.74 Å². The van der Waals surface area contributed by atoms with Crippen molar-refractivity contribution in [1.29, 1.82) is 0 Å². The molecule has 0 atom stereocenters. The molecule has 1 N–H and O–H groups in total. The van der Waals surface area contributed by atoms with E-state index < -0.39 is 0 Å². The van der Waals surface area contributed by atoms with E-state index in [0.717, 1.165) is 12.8 Å². The average Bonchev–Trinajstić information content (AvgIpc) is 2.67. The highest BCUT2D eigenvalue weighted by Gasteiger charge is 2.26. The zero-order valence-electron chi connectivity index (χ0n) is 5.91. The molecule has 0 saturated heterocycles. The quantitative estimate of drug-likeness (QED) is 0.635. The highest BCUT2D eigenvalue weighted by Crippen LogP contribution is 2.24. The molecule has 4 heteroatoms. The molecule has 1 aromatic rings. The van der Waals surface area contributed by atoms with Crippen molar-refractivity contribution in [1.82, 2.24) is 10.2 Å². The molecule has 1 aliphatic rings. The zero-order chi connectivity index (χ0) is 7.68. The Hall–Kier alpha value is -1.32. The molecule has 0 spiro atoms. The molecule has 0 amide bonds. The number of nitrogens with zero attached hydrogens (tertiary/aromatic N) is 1. The van der Waals surface area contributed by atoms with Crippen LogP contribution in [0.2, 0.25) is 0 Å². The van der Waals surface area contributed by atoms with Crippen LogP contribution in [0.3, 0.4) is 0 Å². The van der Waals surface area contributed by atoms with Gasteiger partial charge in [-0.05, 0) is 18.9 Å². The third-order valence-corrected chi connectivity index (χ3v) is 1.51. The van der Waals surface area contributed by atoms with Crippen LogP contribution in [0.25, 0.3) is 0 Å². The minimum absolute atomic E-state index is 0.152. The Labute approximate surface area is 63.6 Å². The van der Waals surface area contributed by atoms with Crippen LogP contribution < -0.4 is 0 Å². The van der Waals surface area contributed by atoms with Gasteiger partial charge in [-0.3, -0.25) is 5.10 Å². The Morgan fingerprint density at radius 2 is 2.55 bits per heavy atom. The maximum Gasteiger partial charge on any atom is 0.359 e. The molecule has 58 valence electrons. The minimum atomic E-state index is -0.325. The molecule has 0 radical (unpaired) electrons. The number of carbonyl (C=O) groups is 1. The first-order valence-electron chi connectivity index (χ1n) is 3.57. The van der Waals surface area contributed by atoms with E-state index in [0.29, 0.717) is 5.69 Å². The molecule has 1 aromatic heterocycles. The van der Waals surface area contributed by atoms with Gasteiger partial charge in [0.25, 0.3) is 0 Å². The predicted molar refractivity (Wildman–Crippen MR) is 37.0 cm³/mol. The lowest BCUT2D eigenvalue weighted by Crippen LogP contribution is -2.06. The van der Waals surface area contributed by atoms with E-state index in [1.54, 1.807) is 12.3 Å². The highest BCUT2D eigenvalue weighted by molar-refractivity contribution is 5.87. The van der Waals surface area contributed by atoms with Gasteiger partial charge in [-0.1, -0.05) is 0 Å². The molecule has 0 bridgehead atoms. The number of aromatic amines is 1. The smallest absolute Gasteiger partial charge is 0.359 e. The second kappa shape index (κ2) is 2.38. The van der Waals surface area contributed by atoms with Crippen molar-refractivity contribution in [3.05, 3.63) is 18.0 Å². The first-order valence-corrected chi connectivity index (χ1v) is 3.57. The molecule has 0 aromatic carbocycles. The summed E-state index contributed by atoms with van der Waals surface area (Å²) in [7, 11) is 0. The summed E-state index contributed by atoms with van der Waals surface area (Å²) in [5.74, 6) is -0.325. The molecule has 2 rings (SSSR count). The fourth-order valence-corrected chi connectivity index (χ4v) is 0.772. The van der Waals surface area contributed by atoms with E-state index in [2.05, 4.69) is 10.2 Å². The van der Waals surface area contributed by atoms with Crippen LogP contribution in [0.4, 0.5) is 0 Å². The Morgan fingerprint density at radius 3 is 3.09 bits per heavy atom. The molecule has 1 heterocycles. The maximum absolute atomic E-state index is 11.1. The molecule has 4 nitrogen and oxygen atoms in total. The van der Waals surface area contributed by atoms with Gasteiger partial charge in [-0.15, -0.1) is 0 Å². The summed E-state index contributed by atoms with van der Waals surface area (Å²) in [5, 5.41) is 6.25. The monoisotopic (exact) mass is 152 g/mol. The van der Waals surface area contributed by atoms with Crippen LogP contribution in [-0.2, 0) is 4.74 Å². The van der Waals surface area contributed by atoms with Crippen LogP contribution in [0.1, 0.15) is 23.3 Å². The number of hydrogen-bond acceptors (Lipinski definition) is 3. The van der Waals surface area contributed by atoms with Crippen LogP contribution in [0.5, 0.6) is 0 Å². The summed E-state index contributed by atoms with van der Waals surface area (Å²) in [6, 6.07) is 1.60. The molecule has 11 heavy (non-hydrogen) atoms. The second-order valence-corrected chi connectivity index (χ2v) is 2.56. The number of hydrogen-bond donors (Lipinski definition) is 1. The normalized spacial score (nSPS) is 16.4. The summed E-state index contributed by atoms with van der Waals surface area (Å²) < 4.78 is 4.98. The van der Waals surface area contributed by atoms with Crippen LogP contribution >= 0.6 is 0 Å². The lowest BCUT2D eigenvalue weighted by molar-refractivity contribution is 0.0465. The van der Waals surface area contributed by atoms with E-state index in [9.17, 15) is 4.79 Å². The van der Waals surface area contributed by atoms with Crippen molar-refractivity contribution >= 4 is 5.97 Å². The van der Waals surface area contributed by atoms with Crippen molar-refractivity contribution in [3.8, 4) is 0 Å². The molecular formula is C7H8N2O2. The zero-order valence-corrected chi connectivity index (χ0v) is 5.91. The number of esters is 1. The second-order valence-electron chi connectivity index (χ2n) is 2.56. The first kappa shape index (κ1) is 6.39. The third-order valence-electron chi connectivity index (χ3n) is 1.51. The molecular weight excluding hydrogens is 144 g/mol. The molecule has 1 saturated carbocycles. The Morgan fingerprint density at radius 1 is 1.73 bits per heavy atom. The lowest BCUT2D eigenvalue weighted by Gasteiger charge is -1.96. The SMILES string of the molecule is O=C(OC1CC1)c1cc[nH]n1. The van der Waals surface area contributed by atoms with Crippen molar-refractivity contribution in [3.63, 3.8) is 0 Å². The Balaban J connectivity index is 1.99. The van der Waals surface area contributed by atoms with Crippen LogP contribution in [-0.4, -0.2) is 22.3 Å². The van der Waals surface area contributed by atoms with Crippen molar-refractivity contribution in [2.45, 2.75) is 18.9 Å².